The monoisotopic (exact) mass is 280 g/mol. The highest BCUT2D eigenvalue weighted by Gasteiger charge is 2.16. The fraction of sp³-hybridized carbons (Fsp3) is 0.533. The molecule has 1 amide bonds. The second-order valence-corrected chi connectivity index (χ2v) is 5.21. The van der Waals surface area contributed by atoms with Crippen LogP contribution in [0.1, 0.15) is 31.1 Å². The molecule has 3 N–H and O–H groups in total. The van der Waals surface area contributed by atoms with Crippen LogP contribution in [0, 0.1) is 0 Å². The molecule has 1 rings (SSSR count). The van der Waals surface area contributed by atoms with Crippen LogP contribution in [-0.4, -0.2) is 37.8 Å². The molecule has 112 valence electrons. The molecule has 1 aromatic carbocycles. The van der Waals surface area contributed by atoms with Gasteiger partial charge in [0.1, 0.15) is 12.4 Å². The van der Waals surface area contributed by atoms with Gasteiger partial charge in [0.15, 0.2) is 0 Å². The zero-order valence-corrected chi connectivity index (χ0v) is 12.4. The van der Waals surface area contributed by atoms with E-state index in [1.54, 1.807) is 18.2 Å². The van der Waals surface area contributed by atoms with Crippen LogP contribution in [0.4, 0.5) is 0 Å². The Morgan fingerprint density at radius 3 is 2.65 bits per heavy atom. The van der Waals surface area contributed by atoms with E-state index in [0.717, 1.165) is 0 Å². The third-order valence-corrected chi connectivity index (χ3v) is 2.53. The summed E-state index contributed by atoms with van der Waals surface area (Å²) < 4.78 is 10.8. The standard InChI is InChI=1S/C15H24N2O3/c1-4-19-9-10-20-13-8-6-5-7-12(13)14(18)17-11-15(2,3)16/h5-8H,4,9-11,16H2,1-3H3,(H,17,18). The lowest BCUT2D eigenvalue weighted by Gasteiger charge is -2.19. The normalized spacial score (nSPS) is 11.2. The first-order chi connectivity index (χ1) is 9.44. The number of hydrogen-bond acceptors (Lipinski definition) is 4. The minimum absolute atomic E-state index is 0.185. The van der Waals surface area contributed by atoms with E-state index in [9.17, 15) is 4.79 Å². The van der Waals surface area contributed by atoms with Crippen molar-refractivity contribution in [3.8, 4) is 5.75 Å². The number of hydrogen-bond donors (Lipinski definition) is 2. The van der Waals surface area contributed by atoms with Crippen LogP contribution in [-0.2, 0) is 4.74 Å². The van der Waals surface area contributed by atoms with Gasteiger partial charge >= 0.3 is 0 Å². The molecule has 0 radical (unpaired) electrons. The molecule has 0 saturated carbocycles. The van der Waals surface area contributed by atoms with Gasteiger partial charge in [0, 0.05) is 18.7 Å². The van der Waals surface area contributed by atoms with Gasteiger partial charge in [-0.3, -0.25) is 4.79 Å². The molecule has 0 aliphatic heterocycles. The molecule has 0 heterocycles. The summed E-state index contributed by atoms with van der Waals surface area (Å²) in [6.45, 7) is 7.62. The smallest absolute Gasteiger partial charge is 0.255 e. The number of nitrogens with two attached hydrogens (primary N) is 1. The number of benzene rings is 1. The molecule has 0 atom stereocenters. The fourth-order valence-corrected chi connectivity index (χ4v) is 1.54. The van der Waals surface area contributed by atoms with Gasteiger partial charge in [-0.05, 0) is 32.9 Å². The van der Waals surface area contributed by atoms with Gasteiger partial charge in [-0.15, -0.1) is 0 Å². The molecule has 20 heavy (non-hydrogen) atoms. The molecule has 0 saturated heterocycles. The van der Waals surface area contributed by atoms with Crippen LogP contribution < -0.4 is 15.8 Å². The maximum absolute atomic E-state index is 12.1. The molecule has 0 aromatic heterocycles. The predicted molar refractivity (Wildman–Crippen MR) is 79.0 cm³/mol. The second kappa shape index (κ2) is 7.87. The van der Waals surface area contributed by atoms with E-state index in [2.05, 4.69) is 5.32 Å². The Kier molecular flexibility index (Phi) is 6.48. The van der Waals surface area contributed by atoms with Crippen molar-refractivity contribution in [2.45, 2.75) is 26.3 Å². The highest BCUT2D eigenvalue weighted by Crippen LogP contribution is 2.17. The lowest BCUT2D eigenvalue weighted by molar-refractivity contribution is 0.0929. The van der Waals surface area contributed by atoms with E-state index in [0.29, 0.717) is 37.7 Å². The summed E-state index contributed by atoms with van der Waals surface area (Å²) in [5.74, 6) is 0.370. The summed E-state index contributed by atoms with van der Waals surface area (Å²) >= 11 is 0. The zero-order chi connectivity index (χ0) is 15.0. The van der Waals surface area contributed by atoms with E-state index in [1.807, 2.05) is 26.8 Å². The van der Waals surface area contributed by atoms with Gasteiger partial charge < -0.3 is 20.5 Å². The van der Waals surface area contributed by atoms with Crippen LogP contribution >= 0.6 is 0 Å². The molecular weight excluding hydrogens is 256 g/mol. The molecule has 1 aromatic rings. The molecule has 0 bridgehead atoms. The van der Waals surface area contributed by atoms with E-state index in [1.165, 1.54) is 0 Å². The third-order valence-electron chi connectivity index (χ3n) is 2.53. The Balaban J connectivity index is 2.62. The number of carbonyl (C=O) groups excluding carboxylic acids is 1. The maximum Gasteiger partial charge on any atom is 0.255 e. The zero-order valence-electron chi connectivity index (χ0n) is 12.4. The third kappa shape index (κ3) is 6.04. The number of para-hydroxylation sites is 1. The fourth-order valence-electron chi connectivity index (χ4n) is 1.54. The topological polar surface area (TPSA) is 73.6 Å². The summed E-state index contributed by atoms with van der Waals surface area (Å²) in [5.41, 5.74) is 5.91. The van der Waals surface area contributed by atoms with Crippen molar-refractivity contribution in [1.29, 1.82) is 0 Å². The van der Waals surface area contributed by atoms with E-state index in [-0.39, 0.29) is 5.91 Å². The Morgan fingerprint density at radius 2 is 2.00 bits per heavy atom. The molecule has 0 spiro atoms. The van der Waals surface area contributed by atoms with Crippen molar-refractivity contribution in [2.24, 2.45) is 5.73 Å². The Bertz CT molecular complexity index is 427. The van der Waals surface area contributed by atoms with Crippen LogP contribution in [0.25, 0.3) is 0 Å². The van der Waals surface area contributed by atoms with Crippen LogP contribution in [0.15, 0.2) is 24.3 Å². The number of ether oxygens (including phenoxy) is 2. The quantitative estimate of drug-likeness (QED) is 0.709. The lowest BCUT2D eigenvalue weighted by Crippen LogP contribution is -2.45. The van der Waals surface area contributed by atoms with E-state index in [4.69, 9.17) is 15.2 Å². The van der Waals surface area contributed by atoms with Crippen molar-refractivity contribution in [3.63, 3.8) is 0 Å². The summed E-state index contributed by atoms with van der Waals surface area (Å²) in [6, 6.07) is 7.14. The van der Waals surface area contributed by atoms with Gasteiger partial charge in [0.25, 0.3) is 5.91 Å². The van der Waals surface area contributed by atoms with Gasteiger partial charge in [-0.2, -0.15) is 0 Å². The van der Waals surface area contributed by atoms with Crippen molar-refractivity contribution in [3.05, 3.63) is 29.8 Å². The average molecular weight is 280 g/mol. The largest absolute Gasteiger partial charge is 0.490 e. The summed E-state index contributed by atoms with van der Waals surface area (Å²) in [5, 5.41) is 2.81. The maximum atomic E-state index is 12.1. The van der Waals surface area contributed by atoms with Crippen molar-refractivity contribution >= 4 is 5.91 Å². The summed E-state index contributed by atoms with van der Waals surface area (Å²) in [7, 11) is 0. The van der Waals surface area contributed by atoms with Crippen molar-refractivity contribution in [2.75, 3.05) is 26.4 Å². The Hall–Kier alpha value is -1.59. The summed E-state index contributed by atoms with van der Waals surface area (Å²) in [6.07, 6.45) is 0. The number of carbonyl (C=O) groups is 1. The van der Waals surface area contributed by atoms with Gasteiger partial charge in [-0.1, -0.05) is 12.1 Å². The van der Waals surface area contributed by atoms with Crippen molar-refractivity contribution < 1.29 is 14.3 Å². The first-order valence-electron chi connectivity index (χ1n) is 6.80. The van der Waals surface area contributed by atoms with Gasteiger partial charge in [-0.25, -0.2) is 0 Å². The SMILES string of the molecule is CCOCCOc1ccccc1C(=O)NCC(C)(C)N. The average Bonchev–Trinajstić information content (AvgIpc) is 2.40. The highest BCUT2D eigenvalue weighted by molar-refractivity contribution is 5.96. The molecule has 5 nitrogen and oxygen atoms in total. The molecule has 0 unspecified atom stereocenters. The Morgan fingerprint density at radius 1 is 1.30 bits per heavy atom. The molecule has 5 heteroatoms. The van der Waals surface area contributed by atoms with Crippen molar-refractivity contribution in [1.82, 2.24) is 5.32 Å². The van der Waals surface area contributed by atoms with Crippen LogP contribution in [0.2, 0.25) is 0 Å². The highest BCUT2D eigenvalue weighted by atomic mass is 16.5. The molecular formula is C15H24N2O3. The van der Waals surface area contributed by atoms with Gasteiger partial charge in [0.2, 0.25) is 0 Å². The number of nitrogens with one attached hydrogen (secondary N) is 1. The summed E-state index contributed by atoms with van der Waals surface area (Å²) in [4.78, 5) is 12.1. The number of amides is 1. The van der Waals surface area contributed by atoms with Crippen LogP contribution in [0.3, 0.4) is 0 Å². The number of rotatable bonds is 8. The lowest BCUT2D eigenvalue weighted by atomic mass is 10.1. The van der Waals surface area contributed by atoms with Crippen LogP contribution in [0.5, 0.6) is 5.75 Å². The van der Waals surface area contributed by atoms with Gasteiger partial charge in [0.05, 0.1) is 12.2 Å². The minimum atomic E-state index is -0.444. The second-order valence-electron chi connectivity index (χ2n) is 5.21. The minimum Gasteiger partial charge on any atom is -0.490 e. The molecule has 0 aliphatic rings. The first kappa shape index (κ1) is 16.5. The molecule has 0 aliphatic carbocycles. The molecule has 0 fully saturated rings. The predicted octanol–water partition coefficient (Wildman–Crippen LogP) is 1.57. The van der Waals surface area contributed by atoms with E-state index < -0.39 is 5.54 Å². The Labute approximate surface area is 120 Å². The van der Waals surface area contributed by atoms with E-state index >= 15 is 0 Å². The first-order valence-corrected chi connectivity index (χ1v) is 6.80.